The molecule has 0 radical (unpaired) electrons. The predicted molar refractivity (Wildman–Crippen MR) is 110 cm³/mol. The van der Waals surface area contributed by atoms with Crippen LogP contribution in [0.25, 0.3) is 27.6 Å². The Balaban J connectivity index is 1.99. The number of rotatable bonds is 4. The summed E-state index contributed by atoms with van der Waals surface area (Å²) in [6.07, 6.45) is 5.67. The first-order valence-corrected chi connectivity index (χ1v) is 9.42. The van der Waals surface area contributed by atoms with E-state index in [9.17, 15) is 14.7 Å². The quantitative estimate of drug-likeness (QED) is 0.685. The van der Waals surface area contributed by atoms with Gasteiger partial charge in [0, 0.05) is 42.7 Å². The van der Waals surface area contributed by atoms with Crippen molar-refractivity contribution in [3.63, 3.8) is 0 Å². The molecule has 0 saturated carbocycles. The molecule has 3 heterocycles. The zero-order valence-corrected chi connectivity index (χ0v) is 16.5. The molecule has 0 unspecified atom stereocenters. The molecule has 2 aromatic heterocycles. The number of fused-ring (bicyclic) bond motifs is 1. The number of ether oxygens (including phenoxy) is 1. The predicted octanol–water partition coefficient (Wildman–Crippen LogP) is 3.71. The molecule has 4 rings (SSSR count). The zero-order chi connectivity index (χ0) is 21.4. The van der Waals surface area contributed by atoms with Gasteiger partial charge >= 0.3 is 5.97 Å². The molecular weight excluding hydrogens is 389 g/mol. The van der Waals surface area contributed by atoms with E-state index >= 15 is 4.39 Å². The maximum absolute atomic E-state index is 15.5. The highest BCUT2D eigenvalue weighted by molar-refractivity contribution is 6.03. The average Bonchev–Trinajstić information content (AvgIpc) is 3.21. The summed E-state index contributed by atoms with van der Waals surface area (Å²) in [4.78, 5) is 31.7. The molecule has 0 saturated heterocycles. The number of pyridine rings is 1. The van der Waals surface area contributed by atoms with Crippen LogP contribution < -0.4 is 4.74 Å². The fraction of sp³-hybridized carbons (Fsp3) is 0.227. The normalized spacial score (nSPS) is 14.0. The van der Waals surface area contributed by atoms with Crippen molar-refractivity contribution < 1.29 is 23.8 Å². The van der Waals surface area contributed by atoms with E-state index in [4.69, 9.17) is 4.74 Å². The molecule has 1 aromatic carbocycles. The molecule has 1 amide bonds. The van der Waals surface area contributed by atoms with Crippen molar-refractivity contribution in [2.45, 2.75) is 13.3 Å². The molecule has 154 valence electrons. The number of carboxylic acids is 1. The number of halogens is 1. The number of methoxy groups -OCH3 is 1. The molecule has 30 heavy (non-hydrogen) atoms. The van der Waals surface area contributed by atoms with E-state index in [1.807, 2.05) is 6.08 Å². The lowest BCUT2D eigenvalue weighted by Crippen LogP contribution is -2.33. The lowest BCUT2D eigenvalue weighted by atomic mass is 9.93. The van der Waals surface area contributed by atoms with E-state index in [1.54, 1.807) is 29.4 Å². The minimum Gasteiger partial charge on any atom is -0.494 e. The van der Waals surface area contributed by atoms with Crippen molar-refractivity contribution in [3.05, 3.63) is 53.7 Å². The number of nitrogens with one attached hydrogen (secondary N) is 1. The maximum Gasteiger partial charge on any atom is 0.352 e. The number of nitrogens with zero attached hydrogens (tertiary/aromatic N) is 2. The Labute approximate surface area is 171 Å². The third-order valence-corrected chi connectivity index (χ3v) is 5.32. The van der Waals surface area contributed by atoms with Gasteiger partial charge in [-0.1, -0.05) is 6.08 Å². The number of aromatic nitrogens is 2. The first kappa shape index (κ1) is 19.6. The van der Waals surface area contributed by atoms with Crippen LogP contribution in [-0.2, 0) is 4.79 Å². The van der Waals surface area contributed by atoms with E-state index in [0.29, 0.717) is 46.4 Å². The minimum absolute atomic E-state index is 0.0776. The van der Waals surface area contributed by atoms with Gasteiger partial charge in [0.2, 0.25) is 5.91 Å². The Morgan fingerprint density at radius 2 is 2.07 bits per heavy atom. The Morgan fingerprint density at radius 1 is 1.27 bits per heavy atom. The molecular formula is C22H20FN3O4. The van der Waals surface area contributed by atoms with Crippen LogP contribution in [0.2, 0.25) is 0 Å². The molecule has 3 aromatic rings. The van der Waals surface area contributed by atoms with Gasteiger partial charge in [-0.25, -0.2) is 9.18 Å². The molecule has 0 aliphatic carbocycles. The van der Waals surface area contributed by atoms with Gasteiger partial charge in [0.15, 0.2) is 5.82 Å². The van der Waals surface area contributed by atoms with Crippen molar-refractivity contribution in [2.24, 2.45) is 0 Å². The van der Waals surface area contributed by atoms with Crippen molar-refractivity contribution >= 4 is 28.4 Å². The largest absolute Gasteiger partial charge is 0.494 e. The van der Waals surface area contributed by atoms with Crippen LogP contribution in [0, 0.1) is 5.82 Å². The van der Waals surface area contributed by atoms with Gasteiger partial charge in [-0.15, -0.1) is 0 Å². The van der Waals surface area contributed by atoms with E-state index in [2.05, 4.69) is 9.97 Å². The van der Waals surface area contributed by atoms with E-state index in [0.717, 1.165) is 0 Å². The number of carboxylic acid groups (broad SMARTS) is 1. The van der Waals surface area contributed by atoms with E-state index < -0.39 is 11.8 Å². The highest BCUT2D eigenvalue weighted by Crippen LogP contribution is 2.39. The van der Waals surface area contributed by atoms with Crippen LogP contribution in [0.3, 0.4) is 0 Å². The monoisotopic (exact) mass is 409 g/mol. The van der Waals surface area contributed by atoms with Gasteiger partial charge in [0.1, 0.15) is 11.4 Å². The van der Waals surface area contributed by atoms with Gasteiger partial charge in [-0.2, -0.15) is 0 Å². The second-order valence-electron chi connectivity index (χ2n) is 7.10. The topological polar surface area (TPSA) is 95.5 Å². The Bertz CT molecular complexity index is 1200. The minimum atomic E-state index is -1.18. The van der Waals surface area contributed by atoms with E-state index in [-0.39, 0.29) is 23.7 Å². The average molecular weight is 409 g/mol. The van der Waals surface area contributed by atoms with E-state index in [1.165, 1.54) is 20.1 Å². The number of H-pyrrole nitrogens is 1. The van der Waals surface area contributed by atoms with Crippen LogP contribution in [-0.4, -0.2) is 52.1 Å². The summed E-state index contributed by atoms with van der Waals surface area (Å²) in [5.74, 6) is -1.33. The first-order chi connectivity index (χ1) is 14.4. The highest BCUT2D eigenvalue weighted by Gasteiger charge is 2.24. The van der Waals surface area contributed by atoms with Crippen molar-refractivity contribution in [1.82, 2.24) is 14.9 Å². The summed E-state index contributed by atoms with van der Waals surface area (Å²) in [6, 6.07) is 4.83. The molecule has 0 spiro atoms. The second-order valence-corrected chi connectivity index (χ2v) is 7.10. The van der Waals surface area contributed by atoms with Crippen molar-refractivity contribution in [1.29, 1.82) is 0 Å². The van der Waals surface area contributed by atoms with Crippen LogP contribution >= 0.6 is 0 Å². The molecule has 2 N–H and O–H groups in total. The molecule has 0 bridgehead atoms. The fourth-order valence-electron chi connectivity index (χ4n) is 3.80. The summed E-state index contributed by atoms with van der Waals surface area (Å²) in [5, 5.41) is 9.84. The van der Waals surface area contributed by atoms with Gasteiger partial charge < -0.3 is 19.7 Å². The number of hydrogen-bond acceptors (Lipinski definition) is 4. The molecule has 1 aliphatic heterocycles. The number of aromatic amines is 1. The molecule has 0 atom stereocenters. The molecule has 1 aliphatic rings. The second kappa shape index (κ2) is 7.62. The number of carbonyl (C=O) groups excluding carboxylic acids is 1. The van der Waals surface area contributed by atoms with Gasteiger partial charge in [0.25, 0.3) is 0 Å². The highest BCUT2D eigenvalue weighted by atomic mass is 19.1. The summed E-state index contributed by atoms with van der Waals surface area (Å²) >= 11 is 0. The smallest absolute Gasteiger partial charge is 0.352 e. The number of benzene rings is 1. The van der Waals surface area contributed by atoms with Crippen LogP contribution in [0.15, 0.2) is 36.7 Å². The number of hydrogen-bond donors (Lipinski definition) is 2. The lowest BCUT2D eigenvalue weighted by molar-refractivity contribution is -0.128. The number of aromatic carboxylic acids is 1. The molecule has 8 heteroatoms. The summed E-state index contributed by atoms with van der Waals surface area (Å²) in [5.41, 5.74) is 2.26. The van der Waals surface area contributed by atoms with Crippen LogP contribution in [0.5, 0.6) is 5.75 Å². The summed E-state index contributed by atoms with van der Waals surface area (Å²) < 4.78 is 20.9. The molecule has 0 fully saturated rings. The van der Waals surface area contributed by atoms with Gasteiger partial charge in [-0.3, -0.25) is 9.78 Å². The Hall–Kier alpha value is -3.68. The van der Waals surface area contributed by atoms with Crippen molar-refractivity contribution in [3.8, 4) is 16.9 Å². The third kappa shape index (κ3) is 3.30. The summed E-state index contributed by atoms with van der Waals surface area (Å²) in [6.45, 7) is 2.36. The standard InChI is InChI=1S/C22H20FN3O4/c1-12(27)26-7-3-4-13(11-26)15-8-16(14-5-6-24-10-19(14)30-2)17-9-18(22(28)29)25-21(17)20(15)23/h4-6,8-10,25H,3,7,11H2,1-2H3,(H,28,29). The number of amides is 1. The van der Waals surface area contributed by atoms with Crippen LogP contribution in [0.1, 0.15) is 29.4 Å². The Morgan fingerprint density at radius 3 is 2.77 bits per heavy atom. The lowest BCUT2D eigenvalue weighted by Gasteiger charge is -2.27. The molecule has 7 nitrogen and oxygen atoms in total. The van der Waals surface area contributed by atoms with Gasteiger partial charge in [0.05, 0.1) is 18.8 Å². The first-order valence-electron chi connectivity index (χ1n) is 9.42. The fourth-order valence-corrected chi connectivity index (χ4v) is 3.80. The third-order valence-electron chi connectivity index (χ3n) is 5.32. The van der Waals surface area contributed by atoms with Crippen LogP contribution in [0.4, 0.5) is 4.39 Å². The summed E-state index contributed by atoms with van der Waals surface area (Å²) in [7, 11) is 1.51. The number of carbonyl (C=O) groups is 2. The van der Waals surface area contributed by atoms with Gasteiger partial charge in [-0.05, 0) is 35.8 Å². The SMILES string of the molecule is COc1cnccc1-c1cc(C2=CCCN(C(C)=O)C2)c(F)c2[nH]c(C(=O)O)cc12. The zero-order valence-electron chi connectivity index (χ0n) is 16.5. The maximum atomic E-state index is 15.5. The Kier molecular flexibility index (Phi) is 4.99. The van der Waals surface area contributed by atoms with Crippen molar-refractivity contribution in [2.75, 3.05) is 20.2 Å².